The predicted octanol–water partition coefficient (Wildman–Crippen LogP) is 5.84. The van der Waals surface area contributed by atoms with Crippen LogP contribution in [0.25, 0.3) is 0 Å². The van der Waals surface area contributed by atoms with Crippen molar-refractivity contribution in [2.45, 2.75) is 43.0 Å². The van der Waals surface area contributed by atoms with E-state index in [1.54, 1.807) is 0 Å². The topological polar surface area (TPSA) is 9.23 Å². The molecule has 0 aliphatic carbocycles. The van der Waals surface area contributed by atoms with Crippen molar-refractivity contribution in [3.05, 3.63) is 20.3 Å². The first-order valence-electron chi connectivity index (χ1n) is 5.87. The van der Waals surface area contributed by atoms with Gasteiger partial charge in [-0.05, 0) is 43.7 Å². The molecule has 0 N–H and O–H groups in total. The van der Waals surface area contributed by atoms with Crippen molar-refractivity contribution < 1.29 is 4.74 Å². The van der Waals surface area contributed by atoms with Gasteiger partial charge in [-0.1, -0.05) is 39.1 Å². The van der Waals surface area contributed by atoms with E-state index >= 15 is 0 Å². The molecule has 1 aliphatic rings. The van der Waals surface area contributed by atoms with E-state index in [0.29, 0.717) is 6.10 Å². The van der Waals surface area contributed by atoms with Crippen molar-refractivity contribution in [3.63, 3.8) is 0 Å². The lowest BCUT2D eigenvalue weighted by Crippen LogP contribution is -2.19. The average molecular weight is 358 g/mol. The Balaban J connectivity index is 1.84. The first-order valence-corrected chi connectivity index (χ1v) is 8.36. The molecule has 0 aromatic carbocycles. The fourth-order valence-electron chi connectivity index (χ4n) is 2.09. The third kappa shape index (κ3) is 4.10. The minimum atomic E-state index is 0.282. The van der Waals surface area contributed by atoms with E-state index in [4.69, 9.17) is 27.9 Å². The lowest BCUT2D eigenvalue weighted by molar-refractivity contribution is 0.0102. The van der Waals surface area contributed by atoms with Gasteiger partial charge < -0.3 is 4.74 Å². The van der Waals surface area contributed by atoms with Crippen LogP contribution < -0.4 is 0 Å². The smallest absolute Gasteiger partial charge is 0.0987 e. The van der Waals surface area contributed by atoms with Crippen LogP contribution in [0.4, 0.5) is 0 Å². The van der Waals surface area contributed by atoms with Crippen LogP contribution in [0.1, 0.15) is 42.5 Å². The Labute approximate surface area is 125 Å². The van der Waals surface area contributed by atoms with Crippen LogP contribution in [-0.4, -0.2) is 12.7 Å². The summed E-state index contributed by atoms with van der Waals surface area (Å²) in [6.45, 7) is 0.919. The molecular weight excluding hydrogens is 343 g/mol. The Morgan fingerprint density at radius 3 is 2.88 bits per heavy atom. The first-order chi connectivity index (χ1) is 8.16. The number of hydrogen-bond donors (Lipinski definition) is 0. The molecule has 1 aliphatic heterocycles. The normalized spacial score (nSPS) is 22.6. The summed E-state index contributed by atoms with van der Waals surface area (Å²) in [7, 11) is 0. The molecule has 0 spiro atoms. The quantitative estimate of drug-likeness (QED) is 0.615. The van der Waals surface area contributed by atoms with Gasteiger partial charge in [0.15, 0.2) is 0 Å². The van der Waals surface area contributed by atoms with E-state index in [0.717, 1.165) is 33.7 Å². The van der Waals surface area contributed by atoms with Crippen molar-refractivity contribution in [2.24, 2.45) is 0 Å². The van der Waals surface area contributed by atoms with Crippen LogP contribution in [-0.2, 0) is 4.74 Å². The van der Waals surface area contributed by atoms with Crippen molar-refractivity contribution >= 4 is 50.5 Å². The minimum absolute atomic E-state index is 0.282. The highest BCUT2D eigenvalue weighted by molar-refractivity contribution is 9.09. The lowest BCUT2D eigenvalue weighted by Gasteiger charge is -2.23. The van der Waals surface area contributed by atoms with Crippen LogP contribution in [0, 0.1) is 0 Å². The number of halogens is 3. The number of ether oxygens (including phenoxy) is 1. The summed E-state index contributed by atoms with van der Waals surface area (Å²) < 4.78 is 7.27. The molecule has 1 fully saturated rings. The van der Waals surface area contributed by atoms with Gasteiger partial charge in [0.1, 0.15) is 0 Å². The van der Waals surface area contributed by atoms with E-state index in [1.807, 2.05) is 6.07 Å². The van der Waals surface area contributed by atoms with Gasteiger partial charge in [0.05, 0.1) is 14.8 Å². The highest BCUT2D eigenvalue weighted by atomic mass is 79.9. The van der Waals surface area contributed by atoms with Gasteiger partial charge in [0, 0.05) is 11.4 Å². The zero-order valence-corrected chi connectivity index (χ0v) is 13.3. The third-order valence-electron chi connectivity index (χ3n) is 3.04. The van der Waals surface area contributed by atoms with Crippen LogP contribution >= 0.6 is 50.5 Å². The molecule has 2 rings (SSSR count). The van der Waals surface area contributed by atoms with Crippen LogP contribution in [0.15, 0.2) is 6.07 Å². The van der Waals surface area contributed by atoms with Crippen LogP contribution in [0.3, 0.4) is 0 Å². The van der Waals surface area contributed by atoms with Gasteiger partial charge >= 0.3 is 0 Å². The van der Waals surface area contributed by atoms with Crippen molar-refractivity contribution in [1.82, 2.24) is 0 Å². The van der Waals surface area contributed by atoms with Gasteiger partial charge in [-0.2, -0.15) is 0 Å². The number of thiophene rings is 1. The summed E-state index contributed by atoms with van der Waals surface area (Å²) in [5.41, 5.74) is 1.11. The molecule has 0 radical (unpaired) electrons. The number of hydrogen-bond acceptors (Lipinski definition) is 2. The highest BCUT2D eigenvalue weighted by Gasteiger charge is 2.19. The Kier molecular flexibility index (Phi) is 5.62. The Bertz CT molecular complexity index is 363. The fourth-order valence-corrected chi connectivity index (χ4v) is 4.58. The second-order valence-electron chi connectivity index (χ2n) is 4.31. The molecule has 2 unspecified atom stereocenters. The Hall–Kier alpha value is 0.720. The van der Waals surface area contributed by atoms with E-state index in [1.165, 1.54) is 30.6 Å². The van der Waals surface area contributed by atoms with Gasteiger partial charge in [0.25, 0.3) is 0 Å². The molecule has 1 saturated heterocycles. The molecule has 1 aromatic rings. The summed E-state index contributed by atoms with van der Waals surface area (Å²) in [5.74, 6) is 0. The molecular formula is C12H15BrCl2OS. The molecule has 0 bridgehead atoms. The molecule has 17 heavy (non-hydrogen) atoms. The third-order valence-corrected chi connectivity index (χ3v) is 5.51. The zero-order chi connectivity index (χ0) is 12.3. The van der Waals surface area contributed by atoms with E-state index in [-0.39, 0.29) is 4.83 Å². The molecule has 2 atom stereocenters. The summed E-state index contributed by atoms with van der Waals surface area (Å²) in [5, 5.41) is 0. The van der Waals surface area contributed by atoms with Crippen molar-refractivity contribution in [1.29, 1.82) is 0 Å². The molecule has 2 heterocycles. The van der Waals surface area contributed by atoms with E-state index < -0.39 is 0 Å². The molecule has 5 heteroatoms. The Morgan fingerprint density at radius 1 is 1.47 bits per heavy atom. The van der Waals surface area contributed by atoms with Gasteiger partial charge in [-0.3, -0.25) is 0 Å². The SMILES string of the molecule is Clc1cc(C(Br)CCC2CCCCO2)c(Cl)s1. The monoisotopic (exact) mass is 356 g/mol. The van der Waals surface area contributed by atoms with Crippen molar-refractivity contribution in [2.75, 3.05) is 6.61 Å². The second kappa shape index (κ2) is 6.76. The summed E-state index contributed by atoms with van der Waals surface area (Å²) in [4.78, 5) is 0.282. The Morgan fingerprint density at radius 2 is 2.29 bits per heavy atom. The predicted molar refractivity (Wildman–Crippen MR) is 78.8 cm³/mol. The van der Waals surface area contributed by atoms with Crippen molar-refractivity contribution in [3.8, 4) is 0 Å². The fraction of sp³-hybridized carbons (Fsp3) is 0.667. The lowest BCUT2D eigenvalue weighted by atomic mass is 10.0. The minimum Gasteiger partial charge on any atom is -0.378 e. The molecule has 1 aromatic heterocycles. The maximum Gasteiger partial charge on any atom is 0.0987 e. The summed E-state index contributed by atoms with van der Waals surface area (Å²) in [6, 6.07) is 1.95. The number of alkyl halides is 1. The zero-order valence-electron chi connectivity index (χ0n) is 9.43. The van der Waals surface area contributed by atoms with Gasteiger partial charge in [-0.25, -0.2) is 0 Å². The van der Waals surface area contributed by atoms with Crippen LogP contribution in [0.5, 0.6) is 0 Å². The number of rotatable bonds is 4. The van der Waals surface area contributed by atoms with Gasteiger partial charge in [0.2, 0.25) is 0 Å². The summed E-state index contributed by atoms with van der Waals surface area (Å²) in [6.07, 6.45) is 6.24. The first kappa shape index (κ1) is 14.1. The second-order valence-corrected chi connectivity index (χ2v) is 7.70. The molecule has 1 nitrogen and oxygen atoms in total. The van der Waals surface area contributed by atoms with Gasteiger partial charge in [-0.15, -0.1) is 11.3 Å². The molecule has 0 saturated carbocycles. The summed E-state index contributed by atoms with van der Waals surface area (Å²) >= 11 is 17.2. The largest absolute Gasteiger partial charge is 0.378 e. The maximum absolute atomic E-state index is 6.13. The molecule has 96 valence electrons. The maximum atomic E-state index is 6.13. The standard InChI is InChI=1S/C12H15BrCl2OS/c13-10(9-7-11(14)17-12(9)15)5-4-8-3-1-2-6-16-8/h7-8,10H,1-6H2. The van der Waals surface area contributed by atoms with Crippen LogP contribution in [0.2, 0.25) is 8.67 Å². The average Bonchev–Trinajstić information content (AvgIpc) is 2.67. The highest BCUT2D eigenvalue weighted by Crippen LogP contribution is 2.40. The molecule has 0 amide bonds. The van der Waals surface area contributed by atoms with E-state index in [2.05, 4.69) is 15.9 Å². The van der Waals surface area contributed by atoms with E-state index in [9.17, 15) is 0 Å².